The van der Waals surface area contributed by atoms with E-state index >= 15 is 0 Å². The fourth-order valence-electron chi connectivity index (χ4n) is 3.16. The highest BCUT2D eigenvalue weighted by atomic mass is 79.9. The SMILES string of the molecule is Cc1ccc(C(O)C2(CN)CCC(C)C2)c(Br)c1. The summed E-state index contributed by atoms with van der Waals surface area (Å²) in [6.07, 6.45) is 2.73. The summed E-state index contributed by atoms with van der Waals surface area (Å²) in [6, 6.07) is 6.12. The number of aliphatic hydroxyl groups excluding tert-OH is 1. The molecular weight excluding hydrogens is 290 g/mol. The molecule has 0 radical (unpaired) electrons. The molecule has 0 saturated heterocycles. The first-order valence-corrected chi connectivity index (χ1v) is 7.42. The first-order chi connectivity index (χ1) is 8.48. The van der Waals surface area contributed by atoms with Crippen molar-refractivity contribution >= 4 is 15.9 Å². The Labute approximate surface area is 118 Å². The Bertz CT molecular complexity index is 435. The van der Waals surface area contributed by atoms with Crippen molar-refractivity contribution < 1.29 is 5.11 Å². The van der Waals surface area contributed by atoms with Gasteiger partial charge in [0.15, 0.2) is 0 Å². The van der Waals surface area contributed by atoms with Gasteiger partial charge in [-0.05, 0) is 42.9 Å². The average Bonchev–Trinajstić information content (AvgIpc) is 2.71. The number of aryl methyl sites for hydroxylation is 1. The molecular formula is C15H22BrNO. The molecule has 1 aromatic carbocycles. The third-order valence-corrected chi connectivity index (χ3v) is 5.01. The molecule has 1 fully saturated rings. The Hall–Kier alpha value is -0.380. The number of hydrogen-bond acceptors (Lipinski definition) is 2. The Morgan fingerprint density at radius 2 is 2.28 bits per heavy atom. The standard InChI is InChI=1S/C15H22BrNO/c1-10-3-4-12(13(16)7-10)14(18)15(9-17)6-5-11(2)8-15/h3-4,7,11,14,18H,5-6,8-9,17H2,1-2H3. The normalized spacial score (nSPS) is 29.5. The van der Waals surface area contributed by atoms with Gasteiger partial charge in [-0.2, -0.15) is 0 Å². The van der Waals surface area contributed by atoms with Gasteiger partial charge in [-0.25, -0.2) is 0 Å². The second-order valence-corrected chi connectivity index (χ2v) is 6.70. The number of rotatable bonds is 3. The van der Waals surface area contributed by atoms with Crippen LogP contribution in [0.5, 0.6) is 0 Å². The zero-order valence-electron chi connectivity index (χ0n) is 11.1. The van der Waals surface area contributed by atoms with Gasteiger partial charge < -0.3 is 10.8 Å². The molecule has 100 valence electrons. The largest absolute Gasteiger partial charge is 0.388 e. The molecule has 3 N–H and O–H groups in total. The van der Waals surface area contributed by atoms with E-state index in [4.69, 9.17) is 5.73 Å². The van der Waals surface area contributed by atoms with Crippen LogP contribution in [0.3, 0.4) is 0 Å². The van der Waals surface area contributed by atoms with Crippen molar-refractivity contribution in [3.05, 3.63) is 33.8 Å². The van der Waals surface area contributed by atoms with Crippen LogP contribution in [-0.2, 0) is 0 Å². The number of hydrogen-bond donors (Lipinski definition) is 2. The van der Waals surface area contributed by atoms with Gasteiger partial charge in [0.05, 0.1) is 6.10 Å². The van der Waals surface area contributed by atoms with Crippen LogP contribution in [0.4, 0.5) is 0 Å². The van der Waals surface area contributed by atoms with Crippen LogP contribution >= 0.6 is 15.9 Å². The quantitative estimate of drug-likeness (QED) is 0.896. The molecule has 0 heterocycles. The molecule has 1 saturated carbocycles. The zero-order chi connectivity index (χ0) is 13.3. The molecule has 18 heavy (non-hydrogen) atoms. The van der Waals surface area contributed by atoms with Crippen LogP contribution in [0, 0.1) is 18.3 Å². The predicted octanol–water partition coefficient (Wildman–Crippen LogP) is 3.56. The third kappa shape index (κ3) is 2.49. The van der Waals surface area contributed by atoms with Crippen LogP contribution in [0.1, 0.15) is 43.4 Å². The van der Waals surface area contributed by atoms with Crippen molar-refractivity contribution in [3.63, 3.8) is 0 Å². The summed E-state index contributed by atoms with van der Waals surface area (Å²) in [7, 11) is 0. The van der Waals surface area contributed by atoms with E-state index in [2.05, 4.69) is 35.8 Å². The van der Waals surface area contributed by atoms with Gasteiger partial charge in [-0.1, -0.05) is 41.4 Å². The minimum atomic E-state index is -0.470. The number of aliphatic hydroxyl groups is 1. The van der Waals surface area contributed by atoms with Crippen LogP contribution in [-0.4, -0.2) is 11.7 Å². The highest BCUT2D eigenvalue weighted by Gasteiger charge is 2.43. The van der Waals surface area contributed by atoms with Gasteiger partial charge in [0.1, 0.15) is 0 Å². The second kappa shape index (κ2) is 5.32. The molecule has 2 nitrogen and oxygen atoms in total. The first kappa shape index (κ1) is 14.0. The molecule has 0 spiro atoms. The van der Waals surface area contributed by atoms with Crippen LogP contribution in [0.15, 0.2) is 22.7 Å². The highest BCUT2D eigenvalue weighted by molar-refractivity contribution is 9.10. The fraction of sp³-hybridized carbons (Fsp3) is 0.600. The first-order valence-electron chi connectivity index (χ1n) is 6.63. The monoisotopic (exact) mass is 311 g/mol. The maximum atomic E-state index is 10.8. The van der Waals surface area contributed by atoms with Gasteiger partial charge in [-0.3, -0.25) is 0 Å². The lowest BCUT2D eigenvalue weighted by atomic mass is 9.76. The zero-order valence-corrected chi connectivity index (χ0v) is 12.7. The van der Waals surface area contributed by atoms with E-state index < -0.39 is 6.10 Å². The van der Waals surface area contributed by atoms with Crippen LogP contribution < -0.4 is 5.73 Å². The Morgan fingerprint density at radius 1 is 1.56 bits per heavy atom. The van der Waals surface area contributed by atoms with Crippen molar-refractivity contribution in [2.45, 2.75) is 39.2 Å². The Balaban J connectivity index is 2.32. The summed E-state index contributed by atoms with van der Waals surface area (Å²) in [5.41, 5.74) is 8.00. The molecule has 3 atom stereocenters. The van der Waals surface area contributed by atoms with E-state index in [1.165, 1.54) is 5.56 Å². The summed E-state index contributed by atoms with van der Waals surface area (Å²) in [5, 5.41) is 10.8. The third-order valence-electron chi connectivity index (χ3n) is 4.33. The average molecular weight is 312 g/mol. The van der Waals surface area contributed by atoms with Gasteiger partial charge in [-0.15, -0.1) is 0 Å². The van der Waals surface area contributed by atoms with Gasteiger partial charge in [0, 0.05) is 16.4 Å². The van der Waals surface area contributed by atoms with E-state index in [-0.39, 0.29) is 5.41 Å². The lowest BCUT2D eigenvalue weighted by Gasteiger charge is -2.34. The Morgan fingerprint density at radius 3 is 2.78 bits per heavy atom. The molecule has 1 aliphatic rings. The fourth-order valence-corrected chi connectivity index (χ4v) is 3.87. The predicted molar refractivity (Wildman–Crippen MR) is 78.3 cm³/mol. The van der Waals surface area contributed by atoms with E-state index in [0.717, 1.165) is 29.3 Å². The van der Waals surface area contributed by atoms with Gasteiger partial charge >= 0.3 is 0 Å². The molecule has 3 unspecified atom stereocenters. The van der Waals surface area contributed by atoms with Crippen molar-refractivity contribution in [3.8, 4) is 0 Å². The Kier molecular flexibility index (Phi) is 4.15. The van der Waals surface area contributed by atoms with E-state index in [0.29, 0.717) is 12.5 Å². The van der Waals surface area contributed by atoms with Crippen molar-refractivity contribution in [2.24, 2.45) is 17.1 Å². The van der Waals surface area contributed by atoms with Crippen molar-refractivity contribution in [1.29, 1.82) is 0 Å². The summed E-state index contributed by atoms with van der Waals surface area (Å²) in [4.78, 5) is 0. The summed E-state index contributed by atoms with van der Waals surface area (Å²) in [6.45, 7) is 4.85. The summed E-state index contributed by atoms with van der Waals surface area (Å²) < 4.78 is 0.988. The molecule has 0 aliphatic heterocycles. The molecule has 2 rings (SSSR count). The molecule has 0 amide bonds. The van der Waals surface area contributed by atoms with Gasteiger partial charge in [0.25, 0.3) is 0 Å². The van der Waals surface area contributed by atoms with E-state index in [9.17, 15) is 5.11 Å². The number of benzene rings is 1. The molecule has 0 aromatic heterocycles. The molecule has 1 aliphatic carbocycles. The van der Waals surface area contributed by atoms with E-state index in [1.54, 1.807) is 0 Å². The highest BCUT2D eigenvalue weighted by Crippen LogP contribution is 2.50. The summed E-state index contributed by atoms with van der Waals surface area (Å²) >= 11 is 3.56. The smallest absolute Gasteiger partial charge is 0.0869 e. The van der Waals surface area contributed by atoms with Crippen LogP contribution in [0.2, 0.25) is 0 Å². The second-order valence-electron chi connectivity index (χ2n) is 5.84. The minimum Gasteiger partial charge on any atom is -0.388 e. The number of halogens is 1. The topological polar surface area (TPSA) is 46.2 Å². The number of nitrogens with two attached hydrogens (primary N) is 1. The molecule has 1 aromatic rings. The van der Waals surface area contributed by atoms with E-state index in [1.807, 2.05) is 12.1 Å². The lowest BCUT2D eigenvalue weighted by Crippen LogP contribution is -2.34. The lowest BCUT2D eigenvalue weighted by molar-refractivity contribution is 0.0302. The molecule has 3 heteroatoms. The minimum absolute atomic E-state index is 0.142. The summed E-state index contributed by atoms with van der Waals surface area (Å²) in [5.74, 6) is 0.660. The molecule has 0 bridgehead atoms. The van der Waals surface area contributed by atoms with Crippen LogP contribution in [0.25, 0.3) is 0 Å². The maximum absolute atomic E-state index is 10.8. The van der Waals surface area contributed by atoms with Crippen molar-refractivity contribution in [2.75, 3.05) is 6.54 Å². The maximum Gasteiger partial charge on any atom is 0.0869 e. The van der Waals surface area contributed by atoms with Gasteiger partial charge in [0.2, 0.25) is 0 Å². The van der Waals surface area contributed by atoms with Crippen molar-refractivity contribution in [1.82, 2.24) is 0 Å².